The maximum Gasteiger partial charge on any atom is 0.255 e. The molecule has 1 fully saturated rings. The zero-order chi connectivity index (χ0) is 14.9. The highest BCUT2D eigenvalue weighted by Crippen LogP contribution is 2.33. The number of carbonyl (C=O) groups is 1. The number of carbonyl (C=O) groups excluding carboxylic acids is 1. The molecule has 0 unspecified atom stereocenters. The molecule has 2 aliphatic rings. The van der Waals surface area contributed by atoms with Gasteiger partial charge in [0.2, 0.25) is 0 Å². The lowest BCUT2D eigenvalue weighted by Gasteiger charge is -2.24. The third kappa shape index (κ3) is 2.35. The van der Waals surface area contributed by atoms with Crippen LogP contribution in [0.5, 0.6) is 0 Å². The minimum atomic E-state index is 0.0896. The summed E-state index contributed by atoms with van der Waals surface area (Å²) in [5.74, 6) is 2.23. The van der Waals surface area contributed by atoms with Crippen molar-refractivity contribution < 1.29 is 4.79 Å². The number of likely N-dealkylation sites (tertiary alicyclic amines) is 1. The van der Waals surface area contributed by atoms with E-state index in [1.165, 1.54) is 19.3 Å². The van der Waals surface area contributed by atoms with Gasteiger partial charge in [0, 0.05) is 24.9 Å². The van der Waals surface area contributed by atoms with Gasteiger partial charge in [-0.2, -0.15) is 11.3 Å². The summed E-state index contributed by atoms with van der Waals surface area (Å²) in [5, 5.41) is 12.7. The lowest BCUT2D eigenvalue weighted by atomic mass is 10.2. The molecule has 1 saturated heterocycles. The first-order valence-corrected chi connectivity index (χ1v) is 9.04. The number of aryl methyl sites for hydroxylation is 1. The SMILES string of the molecule is O=C(c1ccsc1)N1CCC[C@H]1c1nnc2n1CCCCC2. The second-order valence-electron chi connectivity index (χ2n) is 6.11. The van der Waals surface area contributed by atoms with Crippen molar-refractivity contribution in [3.63, 3.8) is 0 Å². The van der Waals surface area contributed by atoms with Gasteiger partial charge in [0.25, 0.3) is 5.91 Å². The Morgan fingerprint density at radius 3 is 3.00 bits per heavy atom. The zero-order valence-electron chi connectivity index (χ0n) is 12.6. The number of rotatable bonds is 2. The molecule has 116 valence electrons. The van der Waals surface area contributed by atoms with E-state index < -0.39 is 0 Å². The maximum absolute atomic E-state index is 12.7. The summed E-state index contributed by atoms with van der Waals surface area (Å²) >= 11 is 1.57. The van der Waals surface area contributed by atoms with Gasteiger partial charge in [0.1, 0.15) is 5.82 Å². The van der Waals surface area contributed by atoms with Crippen molar-refractivity contribution in [2.24, 2.45) is 0 Å². The van der Waals surface area contributed by atoms with Gasteiger partial charge >= 0.3 is 0 Å². The molecule has 5 nitrogen and oxygen atoms in total. The smallest absolute Gasteiger partial charge is 0.255 e. The summed E-state index contributed by atoms with van der Waals surface area (Å²) in [4.78, 5) is 14.7. The second-order valence-corrected chi connectivity index (χ2v) is 6.89. The Morgan fingerprint density at radius 1 is 1.18 bits per heavy atom. The molecule has 0 aliphatic carbocycles. The molecule has 0 radical (unpaired) electrons. The van der Waals surface area contributed by atoms with E-state index in [1.54, 1.807) is 11.3 Å². The van der Waals surface area contributed by atoms with Crippen LogP contribution in [0.4, 0.5) is 0 Å². The molecule has 0 N–H and O–H groups in total. The van der Waals surface area contributed by atoms with Crippen molar-refractivity contribution in [2.75, 3.05) is 6.54 Å². The molecule has 2 aromatic rings. The van der Waals surface area contributed by atoms with Crippen molar-refractivity contribution in [1.29, 1.82) is 0 Å². The molecule has 1 amide bonds. The first-order chi connectivity index (χ1) is 10.8. The molecule has 1 atom stereocenters. The average Bonchev–Trinajstić information content (AvgIpc) is 3.24. The van der Waals surface area contributed by atoms with Gasteiger partial charge in [-0.05, 0) is 37.1 Å². The standard InChI is InChI=1S/C16H20N4OS/c21-16(12-7-10-22-11-12)19-9-4-5-13(19)15-18-17-14-6-2-1-3-8-20(14)15/h7,10-11,13H,1-6,8-9H2/t13-/m0/s1. The minimum Gasteiger partial charge on any atom is -0.328 e. The van der Waals surface area contributed by atoms with Crippen molar-refractivity contribution >= 4 is 17.2 Å². The molecule has 22 heavy (non-hydrogen) atoms. The molecule has 2 aromatic heterocycles. The Balaban J connectivity index is 1.64. The van der Waals surface area contributed by atoms with E-state index in [-0.39, 0.29) is 11.9 Å². The van der Waals surface area contributed by atoms with Gasteiger partial charge in [-0.25, -0.2) is 0 Å². The van der Waals surface area contributed by atoms with Crippen LogP contribution in [0.15, 0.2) is 16.8 Å². The quantitative estimate of drug-likeness (QED) is 0.855. The number of aromatic nitrogens is 3. The van der Waals surface area contributed by atoms with E-state index in [1.807, 2.05) is 21.7 Å². The summed E-state index contributed by atoms with van der Waals surface area (Å²) in [5.41, 5.74) is 0.799. The number of nitrogens with zero attached hydrogens (tertiary/aromatic N) is 4. The fraction of sp³-hybridized carbons (Fsp3) is 0.562. The molecule has 6 heteroatoms. The van der Waals surface area contributed by atoms with Crippen LogP contribution in [0, 0.1) is 0 Å². The minimum absolute atomic E-state index is 0.0896. The van der Waals surface area contributed by atoms with E-state index in [4.69, 9.17) is 0 Å². The van der Waals surface area contributed by atoms with Crippen molar-refractivity contribution in [3.8, 4) is 0 Å². The average molecular weight is 316 g/mol. The van der Waals surface area contributed by atoms with Gasteiger partial charge < -0.3 is 9.47 Å². The van der Waals surface area contributed by atoms with E-state index in [2.05, 4.69) is 14.8 Å². The van der Waals surface area contributed by atoms with E-state index in [9.17, 15) is 4.79 Å². The fourth-order valence-electron chi connectivity index (χ4n) is 3.58. The summed E-state index contributed by atoms with van der Waals surface area (Å²) in [6, 6.07) is 2.00. The fourth-order valence-corrected chi connectivity index (χ4v) is 4.21. The Morgan fingerprint density at radius 2 is 2.14 bits per heavy atom. The number of thiophene rings is 1. The number of hydrogen-bond donors (Lipinski definition) is 0. The molecular weight excluding hydrogens is 296 g/mol. The van der Waals surface area contributed by atoms with E-state index in [0.717, 1.165) is 49.6 Å². The Labute approximate surface area is 134 Å². The Hall–Kier alpha value is -1.69. The van der Waals surface area contributed by atoms with Crippen molar-refractivity contribution in [3.05, 3.63) is 34.0 Å². The van der Waals surface area contributed by atoms with Crippen molar-refractivity contribution in [1.82, 2.24) is 19.7 Å². The topological polar surface area (TPSA) is 51.0 Å². The van der Waals surface area contributed by atoms with Crippen LogP contribution >= 0.6 is 11.3 Å². The first kappa shape index (κ1) is 13.9. The molecule has 2 aliphatic heterocycles. The van der Waals surface area contributed by atoms with Gasteiger partial charge in [0.05, 0.1) is 11.6 Å². The molecule has 4 heterocycles. The highest BCUT2D eigenvalue weighted by Gasteiger charge is 2.34. The normalized spacial score (nSPS) is 21.6. The van der Waals surface area contributed by atoms with Crippen LogP contribution in [-0.4, -0.2) is 32.1 Å². The predicted octanol–water partition coefficient (Wildman–Crippen LogP) is 3.04. The van der Waals surface area contributed by atoms with Crippen LogP contribution < -0.4 is 0 Å². The van der Waals surface area contributed by atoms with Crippen LogP contribution in [0.3, 0.4) is 0 Å². The number of amides is 1. The lowest BCUT2D eigenvalue weighted by Crippen LogP contribution is -2.32. The van der Waals surface area contributed by atoms with Crippen LogP contribution in [0.25, 0.3) is 0 Å². The molecular formula is C16H20N4OS. The highest BCUT2D eigenvalue weighted by atomic mass is 32.1. The van der Waals surface area contributed by atoms with E-state index >= 15 is 0 Å². The van der Waals surface area contributed by atoms with Gasteiger partial charge in [-0.3, -0.25) is 4.79 Å². The summed E-state index contributed by atoms with van der Waals surface area (Å²) in [7, 11) is 0. The van der Waals surface area contributed by atoms with Crippen LogP contribution in [-0.2, 0) is 13.0 Å². The van der Waals surface area contributed by atoms with Crippen LogP contribution in [0.2, 0.25) is 0 Å². The highest BCUT2D eigenvalue weighted by molar-refractivity contribution is 7.08. The van der Waals surface area contributed by atoms with Gasteiger partial charge in [-0.1, -0.05) is 6.42 Å². The van der Waals surface area contributed by atoms with Gasteiger partial charge in [-0.15, -0.1) is 10.2 Å². The summed E-state index contributed by atoms with van der Waals surface area (Å²) in [6.07, 6.45) is 6.68. The lowest BCUT2D eigenvalue weighted by molar-refractivity contribution is 0.0727. The summed E-state index contributed by atoms with van der Waals surface area (Å²) < 4.78 is 2.27. The van der Waals surface area contributed by atoms with Crippen molar-refractivity contribution in [2.45, 2.75) is 51.1 Å². The third-order valence-electron chi connectivity index (χ3n) is 4.72. The van der Waals surface area contributed by atoms with E-state index in [0.29, 0.717) is 0 Å². The summed E-state index contributed by atoms with van der Waals surface area (Å²) in [6.45, 7) is 1.82. The monoisotopic (exact) mass is 316 g/mol. The molecule has 0 aromatic carbocycles. The Bertz CT molecular complexity index is 664. The number of fused-ring (bicyclic) bond motifs is 1. The molecule has 0 spiro atoms. The number of hydrogen-bond acceptors (Lipinski definition) is 4. The Kier molecular flexibility index (Phi) is 3.70. The zero-order valence-corrected chi connectivity index (χ0v) is 13.4. The molecule has 0 bridgehead atoms. The first-order valence-electron chi connectivity index (χ1n) is 8.10. The van der Waals surface area contributed by atoms with Crippen LogP contribution in [0.1, 0.15) is 60.2 Å². The largest absolute Gasteiger partial charge is 0.328 e. The van der Waals surface area contributed by atoms with Gasteiger partial charge in [0.15, 0.2) is 5.82 Å². The molecule has 4 rings (SSSR count). The maximum atomic E-state index is 12.7. The third-order valence-corrected chi connectivity index (χ3v) is 5.40. The molecule has 0 saturated carbocycles. The second kappa shape index (κ2) is 5.83. The predicted molar refractivity (Wildman–Crippen MR) is 84.9 cm³/mol.